The summed E-state index contributed by atoms with van der Waals surface area (Å²) >= 11 is 3.45. The van der Waals surface area contributed by atoms with Crippen LogP contribution in [-0.2, 0) is 26.9 Å². The molecule has 6 nitrogen and oxygen atoms in total. The van der Waals surface area contributed by atoms with Gasteiger partial charge in [0.05, 0.1) is 7.11 Å². The molecule has 7 heteroatoms. The zero-order valence-electron chi connectivity index (χ0n) is 14.4. The number of rotatable bonds is 4. The zero-order valence-corrected chi connectivity index (χ0v) is 16.0. The Hall–Kier alpha value is -0.920. The van der Waals surface area contributed by atoms with Gasteiger partial charge in [-0.15, -0.1) is 0 Å². The maximum Gasteiger partial charge on any atom is 0.331 e. The number of aryl methyl sites for hydroxylation is 1. The summed E-state index contributed by atoms with van der Waals surface area (Å²) in [6, 6.07) is 0. The summed E-state index contributed by atoms with van der Waals surface area (Å²) in [6.45, 7) is 2.17. The van der Waals surface area contributed by atoms with Crippen LogP contribution in [0.1, 0.15) is 44.3 Å². The predicted molar refractivity (Wildman–Crippen MR) is 93.6 cm³/mol. The minimum absolute atomic E-state index is 0.0322. The van der Waals surface area contributed by atoms with E-state index < -0.39 is 5.60 Å². The third kappa shape index (κ3) is 3.53. The molecule has 1 spiro atoms. The number of ether oxygens (including phenoxy) is 2. The Bertz CT molecular complexity index is 586. The number of carbonyl (C=O) groups is 1. The number of halogens is 1. The Morgan fingerprint density at radius 2 is 1.96 bits per heavy atom. The molecule has 1 aliphatic heterocycles. The van der Waals surface area contributed by atoms with E-state index in [1.165, 1.54) is 20.0 Å². The molecule has 1 saturated heterocycles. The number of carbonyl (C=O) groups excluding carboxylic acids is 1. The average Bonchev–Trinajstić information content (AvgIpc) is 2.94. The number of imidazole rings is 1. The second kappa shape index (κ2) is 7.14. The summed E-state index contributed by atoms with van der Waals surface area (Å²) in [5.41, 5.74) is -0.0865. The van der Waals surface area contributed by atoms with E-state index >= 15 is 0 Å². The van der Waals surface area contributed by atoms with Gasteiger partial charge in [-0.1, -0.05) is 0 Å². The van der Waals surface area contributed by atoms with Gasteiger partial charge in [0.1, 0.15) is 22.6 Å². The monoisotopic (exact) mass is 399 g/mol. The van der Waals surface area contributed by atoms with Crippen molar-refractivity contribution in [2.75, 3.05) is 26.8 Å². The Kier molecular flexibility index (Phi) is 5.32. The van der Waals surface area contributed by atoms with E-state index in [1.54, 1.807) is 0 Å². The number of hydrogen-bond donors (Lipinski definition) is 1. The second-order valence-electron chi connectivity index (χ2n) is 7.11. The number of piperidine rings is 1. The van der Waals surface area contributed by atoms with Crippen molar-refractivity contribution in [3.8, 4) is 0 Å². The van der Waals surface area contributed by atoms with Crippen LogP contribution in [0, 0.1) is 5.41 Å². The summed E-state index contributed by atoms with van der Waals surface area (Å²) in [6.07, 6.45) is 8.39. The normalized spacial score (nSPS) is 22.5. The molecule has 0 amide bonds. The van der Waals surface area contributed by atoms with Crippen molar-refractivity contribution in [1.29, 1.82) is 0 Å². The Morgan fingerprint density at radius 3 is 2.50 bits per heavy atom. The van der Waals surface area contributed by atoms with Gasteiger partial charge in [-0.3, -0.25) is 0 Å². The lowest BCUT2D eigenvalue weighted by atomic mass is 9.64. The average molecular weight is 400 g/mol. The van der Waals surface area contributed by atoms with Crippen molar-refractivity contribution in [2.24, 2.45) is 12.5 Å². The van der Waals surface area contributed by atoms with Crippen molar-refractivity contribution in [3.63, 3.8) is 0 Å². The van der Waals surface area contributed by atoms with Gasteiger partial charge >= 0.3 is 5.97 Å². The molecule has 0 aromatic carbocycles. The fourth-order valence-corrected chi connectivity index (χ4v) is 4.66. The van der Waals surface area contributed by atoms with Crippen LogP contribution in [-0.4, -0.2) is 42.3 Å². The van der Waals surface area contributed by atoms with E-state index in [1.807, 2.05) is 17.8 Å². The number of methoxy groups -OCH3 is 1. The number of hydrogen-bond acceptors (Lipinski definition) is 5. The molecule has 2 fully saturated rings. The van der Waals surface area contributed by atoms with E-state index in [4.69, 9.17) is 9.47 Å². The molecule has 1 aromatic rings. The molecular formula is C17H26BrN3O3. The van der Waals surface area contributed by atoms with Gasteiger partial charge < -0.3 is 19.4 Å². The maximum absolute atomic E-state index is 11.6. The van der Waals surface area contributed by atoms with Crippen LogP contribution in [0.2, 0.25) is 0 Å². The van der Waals surface area contributed by atoms with Crippen molar-refractivity contribution in [2.45, 2.75) is 44.1 Å². The smallest absolute Gasteiger partial charge is 0.331 e. The number of esters is 1. The quantitative estimate of drug-likeness (QED) is 0.787. The Morgan fingerprint density at radius 1 is 1.29 bits per heavy atom. The number of nitrogens with zero attached hydrogens (tertiary/aromatic N) is 2. The number of aromatic nitrogens is 2. The predicted octanol–water partition coefficient (Wildman–Crippen LogP) is 2.51. The zero-order chi connectivity index (χ0) is 17.2. The molecule has 1 aromatic heterocycles. The highest BCUT2D eigenvalue weighted by Gasteiger charge is 2.47. The summed E-state index contributed by atoms with van der Waals surface area (Å²) in [7, 11) is 3.37. The fraction of sp³-hybridized carbons (Fsp3) is 0.765. The van der Waals surface area contributed by atoms with Crippen LogP contribution in [0.4, 0.5) is 0 Å². The molecule has 0 radical (unpaired) electrons. The SMILES string of the molecule is COC(=O)COC1(c2nc(Br)cn2C)CCC2(CCNCC2)CC1. The molecular weight excluding hydrogens is 374 g/mol. The minimum atomic E-state index is -0.509. The first-order chi connectivity index (χ1) is 11.5. The van der Waals surface area contributed by atoms with Crippen molar-refractivity contribution >= 4 is 21.9 Å². The topological polar surface area (TPSA) is 65.4 Å². The van der Waals surface area contributed by atoms with E-state index in [0.717, 1.165) is 49.2 Å². The van der Waals surface area contributed by atoms with Crippen molar-refractivity contribution < 1.29 is 14.3 Å². The van der Waals surface area contributed by atoms with E-state index in [2.05, 4.69) is 26.2 Å². The maximum atomic E-state index is 11.6. The van der Waals surface area contributed by atoms with E-state index in [0.29, 0.717) is 5.41 Å². The molecule has 2 aliphatic rings. The summed E-state index contributed by atoms with van der Waals surface area (Å²) in [4.78, 5) is 16.3. The Balaban J connectivity index is 1.81. The van der Waals surface area contributed by atoms with Gasteiger partial charge in [0.2, 0.25) is 0 Å². The first kappa shape index (κ1) is 17.9. The van der Waals surface area contributed by atoms with Crippen LogP contribution in [0.3, 0.4) is 0 Å². The third-order valence-electron chi connectivity index (χ3n) is 5.73. The lowest BCUT2D eigenvalue weighted by Gasteiger charge is -2.47. The lowest BCUT2D eigenvalue weighted by Crippen LogP contribution is -2.45. The van der Waals surface area contributed by atoms with Crippen LogP contribution in [0.5, 0.6) is 0 Å². The summed E-state index contributed by atoms with van der Waals surface area (Å²) in [5, 5.41) is 3.45. The van der Waals surface area contributed by atoms with Gasteiger partial charge in [0.25, 0.3) is 0 Å². The minimum Gasteiger partial charge on any atom is -0.467 e. The lowest BCUT2D eigenvalue weighted by molar-refractivity contribution is -0.161. The van der Waals surface area contributed by atoms with Gasteiger partial charge in [0.15, 0.2) is 0 Å². The largest absolute Gasteiger partial charge is 0.467 e. The van der Waals surface area contributed by atoms with E-state index in [-0.39, 0.29) is 12.6 Å². The van der Waals surface area contributed by atoms with Gasteiger partial charge in [0, 0.05) is 13.2 Å². The molecule has 1 N–H and O–H groups in total. The van der Waals surface area contributed by atoms with Crippen molar-refractivity contribution in [1.82, 2.24) is 14.9 Å². The molecule has 1 aliphatic carbocycles. The van der Waals surface area contributed by atoms with Crippen LogP contribution < -0.4 is 5.32 Å². The molecule has 0 unspecified atom stereocenters. The van der Waals surface area contributed by atoms with Gasteiger partial charge in [-0.25, -0.2) is 9.78 Å². The van der Waals surface area contributed by atoms with Crippen LogP contribution in [0.15, 0.2) is 10.8 Å². The summed E-state index contributed by atoms with van der Waals surface area (Å²) in [5.74, 6) is 0.548. The van der Waals surface area contributed by atoms with Crippen molar-refractivity contribution in [3.05, 3.63) is 16.6 Å². The molecule has 24 heavy (non-hydrogen) atoms. The van der Waals surface area contributed by atoms with Gasteiger partial charge in [-0.2, -0.15) is 0 Å². The second-order valence-corrected chi connectivity index (χ2v) is 7.92. The standard InChI is InChI=1S/C17H26BrN3O3/c1-21-11-13(18)20-15(21)17(24-12-14(22)23-2)5-3-16(4-6-17)7-9-19-10-8-16/h11,19H,3-10,12H2,1-2H3. The molecule has 1 saturated carbocycles. The number of nitrogens with one attached hydrogen (secondary N) is 1. The van der Waals surface area contributed by atoms with Crippen LogP contribution in [0.25, 0.3) is 0 Å². The van der Waals surface area contributed by atoms with Crippen LogP contribution >= 0.6 is 15.9 Å². The summed E-state index contributed by atoms with van der Waals surface area (Å²) < 4.78 is 13.7. The third-order valence-corrected chi connectivity index (χ3v) is 6.11. The first-order valence-electron chi connectivity index (χ1n) is 8.60. The Labute approximate surface area is 151 Å². The first-order valence-corrected chi connectivity index (χ1v) is 9.39. The molecule has 2 heterocycles. The van der Waals surface area contributed by atoms with E-state index in [9.17, 15) is 4.79 Å². The molecule has 0 atom stereocenters. The highest BCUT2D eigenvalue weighted by atomic mass is 79.9. The molecule has 134 valence electrons. The highest BCUT2D eigenvalue weighted by Crippen LogP contribution is 2.51. The highest BCUT2D eigenvalue weighted by molar-refractivity contribution is 9.10. The van der Waals surface area contributed by atoms with Gasteiger partial charge in [-0.05, 0) is 73.0 Å². The molecule has 0 bridgehead atoms. The molecule has 3 rings (SSSR count). The fourth-order valence-electron chi connectivity index (χ4n) is 4.18.